The summed E-state index contributed by atoms with van der Waals surface area (Å²) in [7, 11) is 0. The van der Waals surface area contributed by atoms with E-state index in [9.17, 15) is 13.6 Å². The first-order chi connectivity index (χ1) is 13.3. The van der Waals surface area contributed by atoms with Crippen molar-refractivity contribution in [2.24, 2.45) is 0 Å². The number of ether oxygens (including phenoxy) is 2. The summed E-state index contributed by atoms with van der Waals surface area (Å²) in [5.74, 6) is -0.886. The monoisotopic (exact) mass is 407 g/mol. The fourth-order valence-electron chi connectivity index (χ4n) is 2.54. The number of allylic oxidation sites excluding steroid dienone is 2. The van der Waals surface area contributed by atoms with Gasteiger partial charge in [-0.05, 0) is 37.6 Å². The molecule has 0 aliphatic carbocycles. The van der Waals surface area contributed by atoms with Crippen molar-refractivity contribution in [2.75, 3.05) is 6.54 Å². The number of hydrogen-bond acceptors (Lipinski definition) is 5. The zero-order valence-corrected chi connectivity index (χ0v) is 15.8. The molecule has 0 unspecified atom stereocenters. The molecule has 0 fully saturated rings. The van der Waals surface area contributed by atoms with Gasteiger partial charge >= 0.3 is 6.09 Å². The van der Waals surface area contributed by atoms with Crippen molar-refractivity contribution in [1.29, 1.82) is 0 Å². The summed E-state index contributed by atoms with van der Waals surface area (Å²) in [6, 6.07) is 4.12. The highest BCUT2D eigenvalue weighted by Crippen LogP contribution is 2.24. The number of cyclic esters (lactones) is 1. The van der Waals surface area contributed by atoms with Crippen LogP contribution in [-0.2, 0) is 11.3 Å². The Morgan fingerprint density at radius 2 is 2.14 bits per heavy atom. The average Bonchev–Trinajstić information content (AvgIpc) is 2.65. The minimum atomic E-state index is -0.675. The Bertz CT molecular complexity index is 979. The minimum Gasteiger partial charge on any atom is -0.441 e. The van der Waals surface area contributed by atoms with Gasteiger partial charge in [-0.2, -0.15) is 0 Å². The van der Waals surface area contributed by atoms with Gasteiger partial charge in [0.05, 0.1) is 6.54 Å². The molecule has 1 aliphatic rings. The second-order valence-electron chi connectivity index (χ2n) is 6.09. The van der Waals surface area contributed by atoms with Crippen molar-refractivity contribution in [3.63, 3.8) is 0 Å². The number of aromatic nitrogens is 2. The van der Waals surface area contributed by atoms with Gasteiger partial charge in [0, 0.05) is 30.6 Å². The lowest BCUT2D eigenvalue weighted by molar-refractivity contribution is 0.119. The van der Waals surface area contributed by atoms with E-state index < -0.39 is 17.7 Å². The van der Waals surface area contributed by atoms with Crippen molar-refractivity contribution in [2.45, 2.75) is 20.4 Å². The second kappa shape index (κ2) is 8.35. The summed E-state index contributed by atoms with van der Waals surface area (Å²) < 4.78 is 38.3. The molecular formula is C19H16ClF2N3O3. The molecule has 0 aromatic carbocycles. The van der Waals surface area contributed by atoms with Gasteiger partial charge in [-0.25, -0.2) is 23.5 Å². The average molecular weight is 408 g/mol. The number of amides is 1. The highest BCUT2D eigenvalue weighted by molar-refractivity contribution is 6.29. The van der Waals surface area contributed by atoms with Gasteiger partial charge in [0.15, 0.2) is 16.8 Å². The first-order valence-electron chi connectivity index (χ1n) is 8.27. The zero-order valence-electron chi connectivity index (χ0n) is 15.1. The van der Waals surface area contributed by atoms with Gasteiger partial charge in [-0.1, -0.05) is 11.6 Å². The molecule has 3 heterocycles. The standard InChI is InChI=1S/C19H16ClF2N3O3/c1-11-9-25(10-13-5-7-23-17(20)16(13)22)19(26)28-15(11)8-12(2)27-18-14(21)4-3-6-24-18/h3-8H,9-10H2,1-2H3/b12-8+. The van der Waals surface area contributed by atoms with E-state index in [0.717, 1.165) is 0 Å². The molecule has 3 rings (SSSR count). The predicted molar refractivity (Wildman–Crippen MR) is 97.4 cm³/mol. The fraction of sp³-hybridized carbons (Fsp3) is 0.211. The molecule has 2 aromatic rings. The number of halogens is 3. The number of nitrogens with zero attached hydrogens (tertiary/aromatic N) is 3. The van der Waals surface area contributed by atoms with E-state index in [-0.39, 0.29) is 35.4 Å². The number of hydrogen-bond donors (Lipinski definition) is 0. The summed E-state index contributed by atoms with van der Waals surface area (Å²) in [4.78, 5) is 21.1. The number of pyridine rings is 2. The maximum Gasteiger partial charge on any atom is 0.415 e. The van der Waals surface area contributed by atoms with Crippen LogP contribution in [0.3, 0.4) is 0 Å². The van der Waals surface area contributed by atoms with E-state index >= 15 is 0 Å². The van der Waals surface area contributed by atoms with E-state index in [0.29, 0.717) is 11.3 Å². The highest BCUT2D eigenvalue weighted by atomic mass is 35.5. The number of carbonyl (C=O) groups is 1. The van der Waals surface area contributed by atoms with E-state index in [4.69, 9.17) is 21.1 Å². The Kier molecular flexibility index (Phi) is 5.89. The van der Waals surface area contributed by atoms with Crippen LogP contribution in [0, 0.1) is 11.6 Å². The van der Waals surface area contributed by atoms with Crippen LogP contribution >= 0.6 is 11.6 Å². The first kappa shape index (κ1) is 19.8. The molecule has 28 heavy (non-hydrogen) atoms. The largest absolute Gasteiger partial charge is 0.441 e. The molecule has 146 valence electrons. The van der Waals surface area contributed by atoms with Crippen LogP contribution in [0.5, 0.6) is 5.88 Å². The van der Waals surface area contributed by atoms with Crippen LogP contribution in [0.4, 0.5) is 13.6 Å². The molecule has 2 aromatic heterocycles. The van der Waals surface area contributed by atoms with Crippen molar-refractivity contribution < 1.29 is 23.0 Å². The molecule has 0 spiro atoms. The Morgan fingerprint density at radius 1 is 1.36 bits per heavy atom. The van der Waals surface area contributed by atoms with Gasteiger partial charge in [-0.15, -0.1) is 0 Å². The summed E-state index contributed by atoms with van der Waals surface area (Å²) in [5, 5.41) is -0.256. The Labute approximate surface area is 165 Å². The highest BCUT2D eigenvalue weighted by Gasteiger charge is 2.26. The lowest BCUT2D eigenvalue weighted by Crippen LogP contribution is -2.36. The lowest BCUT2D eigenvalue weighted by Gasteiger charge is -2.28. The maximum absolute atomic E-state index is 14.0. The van der Waals surface area contributed by atoms with Crippen LogP contribution in [-0.4, -0.2) is 27.5 Å². The molecule has 0 N–H and O–H groups in total. The zero-order chi connectivity index (χ0) is 20.3. The van der Waals surface area contributed by atoms with Crippen LogP contribution in [0.2, 0.25) is 5.15 Å². The van der Waals surface area contributed by atoms with Gasteiger partial charge in [0.25, 0.3) is 5.88 Å². The van der Waals surface area contributed by atoms with Crippen molar-refractivity contribution in [3.8, 4) is 5.88 Å². The molecule has 1 aliphatic heterocycles. The maximum atomic E-state index is 14.0. The van der Waals surface area contributed by atoms with E-state index in [1.54, 1.807) is 13.8 Å². The molecular weight excluding hydrogens is 392 g/mol. The first-order valence-corrected chi connectivity index (χ1v) is 8.65. The lowest BCUT2D eigenvalue weighted by atomic mass is 10.1. The third kappa shape index (κ3) is 4.45. The molecule has 0 saturated heterocycles. The van der Waals surface area contributed by atoms with Crippen LogP contribution in [0.1, 0.15) is 19.4 Å². The van der Waals surface area contributed by atoms with Gasteiger partial charge < -0.3 is 9.47 Å². The summed E-state index contributed by atoms with van der Waals surface area (Å²) in [6.07, 6.45) is 3.59. The van der Waals surface area contributed by atoms with E-state index in [2.05, 4.69) is 9.97 Å². The number of rotatable bonds is 5. The van der Waals surface area contributed by atoms with Crippen LogP contribution in [0.15, 0.2) is 53.8 Å². The molecule has 6 nitrogen and oxygen atoms in total. The summed E-state index contributed by atoms with van der Waals surface area (Å²) in [5.41, 5.74) is 0.943. The minimum absolute atomic E-state index is 0.0180. The predicted octanol–water partition coefficient (Wildman–Crippen LogP) is 4.62. The Hall–Kier alpha value is -3.00. The van der Waals surface area contributed by atoms with Gasteiger partial charge in [0.2, 0.25) is 0 Å². The van der Waals surface area contributed by atoms with E-state index in [1.807, 2.05) is 0 Å². The van der Waals surface area contributed by atoms with Gasteiger partial charge in [-0.3, -0.25) is 4.90 Å². The smallest absolute Gasteiger partial charge is 0.415 e. The summed E-state index contributed by atoms with van der Waals surface area (Å²) in [6.45, 7) is 3.55. The van der Waals surface area contributed by atoms with Crippen molar-refractivity contribution >= 4 is 17.7 Å². The molecule has 1 amide bonds. The Balaban J connectivity index is 1.74. The molecule has 0 bridgehead atoms. The Morgan fingerprint density at radius 3 is 2.89 bits per heavy atom. The SMILES string of the molecule is CC1=C(/C=C(\C)Oc2ncccc2F)OC(=O)N(Cc2ccnc(Cl)c2F)C1. The molecule has 0 radical (unpaired) electrons. The third-order valence-electron chi connectivity index (χ3n) is 3.91. The summed E-state index contributed by atoms with van der Waals surface area (Å²) >= 11 is 5.67. The second-order valence-corrected chi connectivity index (χ2v) is 6.45. The molecule has 0 atom stereocenters. The fourth-order valence-corrected chi connectivity index (χ4v) is 2.72. The topological polar surface area (TPSA) is 64.6 Å². The van der Waals surface area contributed by atoms with Crippen molar-refractivity contribution in [1.82, 2.24) is 14.9 Å². The normalized spacial score (nSPS) is 15.0. The van der Waals surface area contributed by atoms with Gasteiger partial charge in [0.1, 0.15) is 11.5 Å². The van der Waals surface area contributed by atoms with Crippen LogP contribution in [0.25, 0.3) is 0 Å². The quantitative estimate of drug-likeness (QED) is 0.534. The van der Waals surface area contributed by atoms with E-state index in [1.165, 1.54) is 41.6 Å². The number of carbonyl (C=O) groups excluding carboxylic acids is 1. The van der Waals surface area contributed by atoms with Crippen LogP contribution < -0.4 is 4.74 Å². The van der Waals surface area contributed by atoms with Crippen molar-refractivity contribution in [3.05, 3.63) is 76.1 Å². The molecule has 9 heteroatoms. The third-order valence-corrected chi connectivity index (χ3v) is 4.17. The molecule has 0 saturated carbocycles.